The Labute approximate surface area is 118 Å². The third-order valence-corrected chi connectivity index (χ3v) is 2.94. The van der Waals surface area contributed by atoms with Crippen molar-refractivity contribution in [3.05, 3.63) is 0 Å². The zero-order valence-electron chi connectivity index (χ0n) is 13.3. The van der Waals surface area contributed by atoms with Crippen LogP contribution >= 0.6 is 0 Å². The fourth-order valence-corrected chi connectivity index (χ4v) is 1.63. The van der Waals surface area contributed by atoms with E-state index in [9.17, 15) is 0 Å². The van der Waals surface area contributed by atoms with Gasteiger partial charge in [0.05, 0.1) is 13.2 Å². The van der Waals surface area contributed by atoms with E-state index in [1.807, 2.05) is 0 Å². The van der Waals surface area contributed by atoms with Crippen LogP contribution in [0.25, 0.3) is 0 Å². The van der Waals surface area contributed by atoms with Crippen LogP contribution in [0.2, 0.25) is 0 Å². The fourth-order valence-electron chi connectivity index (χ4n) is 1.63. The van der Waals surface area contributed by atoms with E-state index in [4.69, 9.17) is 10.6 Å². The van der Waals surface area contributed by atoms with E-state index < -0.39 is 0 Å². The predicted molar refractivity (Wildman–Crippen MR) is 82.0 cm³/mol. The molecule has 0 radical (unpaired) electrons. The van der Waals surface area contributed by atoms with Crippen LogP contribution in [0.1, 0.15) is 40.5 Å². The largest absolute Gasteiger partial charge is 0.383 e. The number of aliphatic imine (C=N–C) groups is 1. The Balaban J connectivity index is 4.50. The zero-order chi connectivity index (χ0) is 14.7. The molecular formula is C14H32N4O. The quantitative estimate of drug-likeness (QED) is 0.221. The van der Waals surface area contributed by atoms with Crippen molar-refractivity contribution in [2.45, 2.75) is 40.5 Å². The third-order valence-electron chi connectivity index (χ3n) is 2.94. The molecule has 3 N–H and O–H groups in total. The van der Waals surface area contributed by atoms with Crippen LogP contribution in [-0.4, -0.2) is 44.2 Å². The molecule has 0 amide bonds. The lowest BCUT2D eigenvalue weighted by atomic mass is 10.1. The Bertz CT molecular complexity index is 230. The topological polar surface area (TPSA) is 62.9 Å². The van der Waals surface area contributed by atoms with Crippen molar-refractivity contribution in [2.24, 2.45) is 22.7 Å². The summed E-state index contributed by atoms with van der Waals surface area (Å²) in [7, 11) is 1.68. The minimum Gasteiger partial charge on any atom is -0.383 e. The Morgan fingerprint density at radius 3 is 2.05 bits per heavy atom. The maximum atomic E-state index is 5.61. The van der Waals surface area contributed by atoms with Crippen molar-refractivity contribution in [2.75, 3.05) is 33.4 Å². The molecule has 0 aliphatic heterocycles. The Kier molecular flexibility index (Phi) is 10.6. The molecule has 0 aliphatic carbocycles. The number of rotatable bonds is 9. The summed E-state index contributed by atoms with van der Waals surface area (Å²) in [6.45, 7) is 12.2. The summed E-state index contributed by atoms with van der Waals surface area (Å²) in [5, 5.41) is 0. The molecule has 0 fully saturated rings. The third kappa shape index (κ3) is 9.73. The molecule has 0 atom stereocenters. The monoisotopic (exact) mass is 272 g/mol. The number of ether oxygens (including phenoxy) is 1. The Hall–Kier alpha value is -0.810. The molecule has 5 nitrogen and oxygen atoms in total. The lowest BCUT2D eigenvalue weighted by molar-refractivity contribution is 0.207. The molecule has 0 aliphatic rings. The summed E-state index contributed by atoms with van der Waals surface area (Å²) >= 11 is 0. The molecule has 0 bridgehead atoms. The normalized spacial score (nSPS) is 12.3. The van der Waals surface area contributed by atoms with Crippen LogP contribution in [0.15, 0.2) is 4.99 Å². The van der Waals surface area contributed by atoms with E-state index in [1.165, 1.54) is 0 Å². The number of nitrogens with zero attached hydrogens (tertiary/aromatic N) is 2. The van der Waals surface area contributed by atoms with Gasteiger partial charge >= 0.3 is 0 Å². The molecule has 0 unspecified atom stereocenters. The van der Waals surface area contributed by atoms with E-state index in [0.29, 0.717) is 25.0 Å². The SMILES string of the molecule is COCCN=C(NN)N(CCC(C)C)CCC(C)C. The van der Waals surface area contributed by atoms with Crippen LogP contribution in [0.3, 0.4) is 0 Å². The average Bonchev–Trinajstić information content (AvgIpc) is 2.35. The van der Waals surface area contributed by atoms with Crippen molar-refractivity contribution in [1.29, 1.82) is 0 Å². The number of guanidine groups is 1. The van der Waals surface area contributed by atoms with Crippen molar-refractivity contribution >= 4 is 5.96 Å². The predicted octanol–water partition coefficient (Wildman–Crippen LogP) is 1.85. The number of hydrogen-bond donors (Lipinski definition) is 2. The molecule has 0 saturated carbocycles. The Morgan fingerprint density at radius 1 is 1.16 bits per heavy atom. The molecule has 5 heteroatoms. The Morgan fingerprint density at radius 2 is 1.68 bits per heavy atom. The van der Waals surface area contributed by atoms with Gasteiger partial charge in [0.1, 0.15) is 0 Å². The molecule has 0 spiro atoms. The number of nitrogens with two attached hydrogens (primary N) is 1. The summed E-state index contributed by atoms with van der Waals surface area (Å²) < 4.78 is 5.02. The smallest absolute Gasteiger partial charge is 0.208 e. The van der Waals surface area contributed by atoms with Gasteiger partial charge in [0, 0.05) is 20.2 Å². The number of hydrazine groups is 1. The van der Waals surface area contributed by atoms with Gasteiger partial charge in [-0.3, -0.25) is 5.43 Å². The number of hydrogen-bond acceptors (Lipinski definition) is 3. The molecule has 114 valence electrons. The van der Waals surface area contributed by atoms with Crippen LogP contribution < -0.4 is 11.3 Å². The molecule has 0 saturated heterocycles. The van der Waals surface area contributed by atoms with Crippen molar-refractivity contribution in [3.63, 3.8) is 0 Å². The van der Waals surface area contributed by atoms with Gasteiger partial charge in [-0.25, -0.2) is 10.8 Å². The summed E-state index contributed by atoms with van der Waals surface area (Å²) in [5.74, 6) is 7.74. The van der Waals surface area contributed by atoms with Gasteiger partial charge < -0.3 is 9.64 Å². The van der Waals surface area contributed by atoms with Crippen LogP contribution in [-0.2, 0) is 4.74 Å². The minimum atomic E-state index is 0.618. The zero-order valence-corrected chi connectivity index (χ0v) is 13.3. The van der Waals surface area contributed by atoms with Gasteiger partial charge in [0.25, 0.3) is 0 Å². The lowest BCUT2D eigenvalue weighted by Crippen LogP contribution is -2.46. The van der Waals surface area contributed by atoms with Gasteiger partial charge in [-0.15, -0.1) is 0 Å². The molecule has 0 aromatic heterocycles. The lowest BCUT2D eigenvalue weighted by Gasteiger charge is -2.27. The second kappa shape index (κ2) is 11.1. The highest BCUT2D eigenvalue weighted by Gasteiger charge is 2.11. The average molecular weight is 272 g/mol. The first kappa shape index (κ1) is 18.2. The summed E-state index contributed by atoms with van der Waals surface area (Å²) in [6, 6.07) is 0. The number of nitrogens with one attached hydrogen (secondary N) is 1. The van der Waals surface area contributed by atoms with E-state index in [2.05, 4.69) is 43.0 Å². The van der Waals surface area contributed by atoms with E-state index in [-0.39, 0.29) is 0 Å². The summed E-state index contributed by atoms with van der Waals surface area (Å²) in [5.41, 5.74) is 2.73. The van der Waals surface area contributed by atoms with Crippen LogP contribution in [0.4, 0.5) is 0 Å². The molecule has 0 heterocycles. The molecule has 0 rings (SSSR count). The maximum Gasteiger partial charge on any atom is 0.208 e. The van der Waals surface area contributed by atoms with Gasteiger partial charge in [0.2, 0.25) is 5.96 Å². The van der Waals surface area contributed by atoms with Crippen molar-refractivity contribution < 1.29 is 4.74 Å². The van der Waals surface area contributed by atoms with Crippen molar-refractivity contribution in [3.8, 4) is 0 Å². The van der Waals surface area contributed by atoms with Crippen LogP contribution in [0, 0.1) is 11.8 Å². The fraction of sp³-hybridized carbons (Fsp3) is 0.929. The highest BCUT2D eigenvalue weighted by atomic mass is 16.5. The molecule has 19 heavy (non-hydrogen) atoms. The molecule has 0 aromatic rings. The van der Waals surface area contributed by atoms with Gasteiger partial charge in [0.15, 0.2) is 0 Å². The van der Waals surface area contributed by atoms with E-state index in [0.717, 1.165) is 31.9 Å². The molecular weight excluding hydrogens is 240 g/mol. The molecule has 0 aromatic carbocycles. The highest BCUT2D eigenvalue weighted by Crippen LogP contribution is 2.06. The van der Waals surface area contributed by atoms with E-state index in [1.54, 1.807) is 7.11 Å². The first-order valence-corrected chi connectivity index (χ1v) is 7.26. The first-order valence-electron chi connectivity index (χ1n) is 7.26. The second-order valence-corrected chi connectivity index (χ2v) is 5.69. The van der Waals surface area contributed by atoms with Gasteiger partial charge in [-0.05, 0) is 24.7 Å². The van der Waals surface area contributed by atoms with E-state index >= 15 is 0 Å². The van der Waals surface area contributed by atoms with Crippen molar-refractivity contribution in [1.82, 2.24) is 10.3 Å². The minimum absolute atomic E-state index is 0.618. The maximum absolute atomic E-state index is 5.61. The summed E-state index contributed by atoms with van der Waals surface area (Å²) in [6.07, 6.45) is 2.28. The van der Waals surface area contributed by atoms with Gasteiger partial charge in [-0.2, -0.15) is 0 Å². The number of methoxy groups -OCH3 is 1. The summed E-state index contributed by atoms with van der Waals surface area (Å²) in [4.78, 5) is 6.72. The van der Waals surface area contributed by atoms with Gasteiger partial charge in [-0.1, -0.05) is 27.7 Å². The van der Waals surface area contributed by atoms with Crippen LogP contribution in [0.5, 0.6) is 0 Å². The first-order chi connectivity index (χ1) is 9.01. The standard InChI is InChI=1S/C14H32N4O/c1-12(2)6-9-18(10-7-13(3)4)14(17-15)16-8-11-19-5/h12-13H,6-11,15H2,1-5H3,(H,16,17). The second-order valence-electron chi connectivity index (χ2n) is 5.69. The highest BCUT2D eigenvalue weighted by molar-refractivity contribution is 5.79.